The summed E-state index contributed by atoms with van der Waals surface area (Å²) in [7, 11) is 0. The fourth-order valence-corrected chi connectivity index (χ4v) is 3.58. The third-order valence-corrected chi connectivity index (χ3v) is 4.78. The number of carbonyl (C=O) groups excluding carboxylic acids is 1. The average Bonchev–Trinajstić information content (AvgIpc) is 2.93. The van der Waals surface area contributed by atoms with Crippen molar-refractivity contribution in [2.24, 2.45) is 0 Å². The average molecular weight is 336 g/mol. The van der Waals surface area contributed by atoms with Gasteiger partial charge in [-0.2, -0.15) is 4.98 Å². The molecule has 4 rings (SSSR count). The first-order chi connectivity index (χ1) is 11.6. The number of nitrogen functional groups attached to an aromatic ring is 1. The Labute approximate surface area is 140 Å². The predicted molar refractivity (Wildman–Crippen MR) is 95.7 cm³/mol. The number of nitrogens with zero attached hydrogens (tertiary/aromatic N) is 2. The number of carbonyl (C=O) groups is 1. The molecule has 0 aliphatic carbocycles. The van der Waals surface area contributed by atoms with Crippen LogP contribution in [0.25, 0.3) is 15.7 Å². The van der Waals surface area contributed by atoms with E-state index >= 15 is 0 Å². The van der Waals surface area contributed by atoms with Crippen LogP contribution in [0.15, 0.2) is 59.5 Å². The van der Waals surface area contributed by atoms with E-state index in [-0.39, 0.29) is 5.91 Å². The fraction of sp³-hybridized carbons (Fsp3) is 0. The van der Waals surface area contributed by atoms with Gasteiger partial charge in [0.25, 0.3) is 5.91 Å². The van der Waals surface area contributed by atoms with Gasteiger partial charge in [-0.15, -0.1) is 11.3 Å². The standard InChI is InChI=1S/C17H12N4O2S/c18-13-12-11-8-4-5-9-21(11)17(23)20-16(12)24-14(13)15(22)19-10-6-2-1-3-7-10/h1-9H,18H2,(H,19,22). The highest BCUT2D eigenvalue weighted by molar-refractivity contribution is 7.21. The lowest BCUT2D eigenvalue weighted by molar-refractivity contribution is 0.103. The first-order valence-corrected chi connectivity index (χ1v) is 8.02. The van der Waals surface area contributed by atoms with Gasteiger partial charge in [-0.1, -0.05) is 24.3 Å². The quantitative estimate of drug-likeness (QED) is 0.589. The van der Waals surface area contributed by atoms with Crippen molar-refractivity contribution >= 4 is 44.4 Å². The second-order valence-electron chi connectivity index (χ2n) is 5.20. The van der Waals surface area contributed by atoms with Crippen LogP contribution in [0, 0.1) is 0 Å². The molecule has 3 aromatic heterocycles. The Hall–Kier alpha value is -3.19. The molecular formula is C17H12N4O2S. The van der Waals surface area contributed by atoms with Crippen molar-refractivity contribution in [3.63, 3.8) is 0 Å². The van der Waals surface area contributed by atoms with E-state index in [1.807, 2.05) is 24.3 Å². The summed E-state index contributed by atoms with van der Waals surface area (Å²) < 4.78 is 1.42. The number of fused-ring (bicyclic) bond motifs is 3. The molecule has 0 atom stereocenters. The smallest absolute Gasteiger partial charge is 0.353 e. The number of pyridine rings is 1. The van der Waals surface area contributed by atoms with E-state index in [0.717, 1.165) is 11.3 Å². The Kier molecular flexibility index (Phi) is 3.28. The molecule has 24 heavy (non-hydrogen) atoms. The summed E-state index contributed by atoms with van der Waals surface area (Å²) in [4.78, 5) is 29.5. The molecule has 118 valence electrons. The number of nitrogens with one attached hydrogen (secondary N) is 1. The number of thiophene rings is 1. The highest BCUT2D eigenvalue weighted by Crippen LogP contribution is 2.34. The molecule has 1 amide bonds. The van der Waals surface area contributed by atoms with Gasteiger partial charge in [-0.3, -0.25) is 9.20 Å². The van der Waals surface area contributed by atoms with E-state index in [0.29, 0.717) is 32.0 Å². The Morgan fingerprint density at radius 2 is 1.88 bits per heavy atom. The summed E-state index contributed by atoms with van der Waals surface area (Å²) >= 11 is 1.12. The predicted octanol–water partition coefficient (Wildman–Crippen LogP) is 2.74. The van der Waals surface area contributed by atoms with Crippen molar-refractivity contribution < 1.29 is 4.79 Å². The Balaban J connectivity index is 1.88. The van der Waals surface area contributed by atoms with Gasteiger partial charge in [0.1, 0.15) is 9.71 Å². The van der Waals surface area contributed by atoms with Crippen LogP contribution >= 0.6 is 11.3 Å². The van der Waals surface area contributed by atoms with Crippen LogP contribution in [0.2, 0.25) is 0 Å². The molecule has 0 bridgehead atoms. The third kappa shape index (κ3) is 2.22. The zero-order chi connectivity index (χ0) is 16.7. The topological polar surface area (TPSA) is 89.5 Å². The summed E-state index contributed by atoms with van der Waals surface area (Å²) in [5, 5.41) is 3.42. The highest BCUT2D eigenvalue weighted by atomic mass is 32.1. The Bertz CT molecular complexity index is 1130. The SMILES string of the molecule is Nc1c(C(=O)Nc2ccccc2)sc2nc(=O)n3ccccc3c12. The van der Waals surface area contributed by atoms with E-state index in [2.05, 4.69) is 10.3 Å². The van der Waals surface area contributed by atoms with Crippen molar-refractivity contribution in [2.45, 2.75) is 0 Å². The van der Waals surface area contributed by atoms with Crippen LogP contribution in [-0.2, 0) is 0 Å². The minimum absolute atomic E-state index is 0.316. The number of aromatic nitrogens is 2. The number of rotatable bonds is 2. The zero-order valence-corrected chi connectivity index (χ0v) is 13.2. The van der Waals surface area contributed by atoms with Crippen LogP contribution in [0.3, 0.4) is 0 Å². The van der Waals surface area contributed by atoms with Gasteiger partial charge >= 0.3 is 5.69 Å². The molecule has 0 radical (unpaired) electrons. The van der Waals surface area contributed by atoms with Crippen molar-refractivity contribution in [1.29, 1.82) is 0 Å². The van der Waals surface area contributed by atoms with Crippen molar-refractivity contribution in [3.8, 4) is 0 Å². The second kappa shape index (κ2) is 5.47. The van der Waals surface area contributed by atoms with E-state index in [9.17, 15) is 9.59 Å². The molecule has 0 aliphatic heterocycles. The van der Waals surface area contributed by atoms with Gasteiger partial charge in [0.15, 0.2) is 0 Å². The Morgan fingerprint density at radius 3 is 2.67 bits per heavy atom. The molecule has 0 fully saturated rings. The maximum atomic E-state index is 12.5. The van der Waals surface area contributed by atoms with E-state index in [4.69, 9.17) is 5.73 Å². The largest absolute Gasteiger partial charge is 0.397 e. The molecule has 6 nitrogen and oxygen atoms in total. The van der Waals surface area contributed by atoms with Crippen molar-refractivity contribution in [3.05, 3.63) is 70.1 Å². The minimum Gasteiger partial charge on any atom is -0.397 e. The maximum absolute atomic E-state index is 12.5. The molecule has 0 spiro atoms. The molecule has 3 N–H and O–H groups in total. The van der Waals surface area contributed by atoms with Gasteiger partial charge in [0.05, 0.1) is 16.6 Å². The van der Waals surface area contributed by atoms with Gasteiger partial charge in [-0.05, 0) is 24.3 Å². The van der Waals surface area contributed by atoms with Gasteiger partial charge < -0.3 is 11.1 Å². The first-order valence-electron chi connectivity index (χ1n) is 7.21. The lowest BCUT2D eigenvalue weighted by Crippen LogP contribution is -2.16. The first kappa shape index (κ1) is 14.4. The van der Waals surface area contributed by atoms with E-state index < -0.39 is 5.69 Å². The highest BCUT2D eigenvalue weighted by Gasteiger charge is 2.20. The Morgan fingerprint density at radius 1 is 1.12 bits per heavy atom. The van der Waals surface area contributed by atoms with Crippen LogP contribution in [0.1, 0.15) is 9.67 Å². The van der Waals surface area contributed by atoms with Crippen LogP contribution in [0.4, 0.5) is 11.4 Å². The fourth-order valence-electron chi connectivity index (χ4n) is 2.59. The molecule has 0 saturated heterocycles. The lowest BCUT2D eigenvalue weighted by atomic mass is 10.2. The normalized spacial score (nSPS) is 11.0. The lowest BCUT2D eigenvalue weighted by Gasteiger charge is -2.04. The number of hydrogen-bond acceptors (Lipinski definition) is 5. The van der Waals surface area contributed by atoms with Crippen LogP contribution < -0.4 is 16.7 Å². The molecular weight excluding hydrogens is 324 g/mol. The number of para-hydroxylation sites is 1. The summed E-state index contributed by atoms with van der Waals surface area (Å²) in [5.74, 6) is -0.316. The van der Waals surface area contributed by atoms with Gasteiger partial charge in [0.2, 0.25) is 0 Å². The summed E-state index contributed by atoms with van der Waals surface area (Å²) in [5.41, 5.74) is 7.46. The number of amides is 1. The zero-order valence-electron chi connectivity index (χ0n) is 12.4. The van der Waals surface area contributed by atoms with Gasteiger partial charge in [-0.25, -0.2) is 4.79 Å². The number of anilines is 2. The molecule has 3 heterocycles. The number of nitrogens with two attached hydrogens (primary N) is 1. The monoisotopic (exact) mass is 336 g/mol. The van der Waals surface area contributed by atoms with E-state index in [1.165, 1.54) is 4.40 Å². The number of hydrogen-bond donors (Lipinski definition) is 2. The van der Waals surface area contributed by atoms with Gasteiger partial charge in [0, 0.05) is 11.9 Å². The molecule has 0 saturated carbocycles. The summed E-state index contributed by atoms with van der Waals surface area (Å²) in [6.07, 6.45) is 1.63. The molecule has 1 aromatic carbocycles. The van der Waals surface area contributed by atoms with Crippen LogP contribution in [0.5, 0.6) is 0 Å². The maximum Gasteiger partial charge on any atom is 0.353 e. The van der Waals surface area contributed by atoms with E-state index in [1.54, 1.807) is 30.5 Å². The molecule has 7 heteroatoms. The third-order valence-electron chi connectivity index (χ3n) is 3.68. The summed E-state index contributed by atoms with van der Waals surface area (Å²) in [6, 6.07) is 14.5. The molecule has 4 aromatic rings. The minimum atomic E-state index is -0.394. The van der Waals surface area contributed by atoms with Crippen molar-refractivity contribution in [1.82, 2.24) is 9.38 Å². The summed E-state index contributed by atoms with van der Waals surface area (Å²) in [6.45, 7) is 0. The number of benzene rings is 1. The molecule has 0 aliphatic rings. The second-order valence-corrected chi connectivity index (χ2v) is 6.19. The molecule has 0 unspecified atom stereocenters. The van der Waals surface area contributed by atoms with Crippen LogP contribution in [-0.4, -0.2) is 15.3 Å². The van der Waals surface area contributed by atoms with Crippen molar-refractivity contribution in [2.75, 3.05) is 11.1 Å².